The minimum Gasteiger partial charge on any atom is -0.486 e. The number of para-hydroxylation sites is 2. The number of thiophene rings is 1. The molecule has 0 radical (unpaired) electrons. The van der Waals surface area contributed by atoms with Gasteiger partial charge in [0, 0.05) is 17.0 Å². The smallest absolute Gasteiger partial charge is 0.251 e. The first-order chi connectivity index (χ1) is 14.5. The van der Waals surface area contributed by atoms with Crippen molar-refractivity contribution in [1.82, 2.24) is 10.0 Å². The van der Waals surface area contributed by atoms with Gasteiger partial charge in [-0.3, -0.25) is 4.79 Å². The van der Waals surface area contributed by atoms with E-state index in [2.05, 4.69) is 10.0 Å². The van der Waals surface area contributed by atoms with Gasteiger partial charge >= 0.3 is 0 Å². The van der Waals surface area contributed by atoms with Gasteiger partial charge in [-0.05, 0) is 41.8 Å². The summed E-state index contributed by atoms with van der Waals surface area (Å²) >= 11 is 1.47. The van der Waals surface area contributed by atoms with Crippen LogP contribution < -0.4 is 19.5 Å². The van der Waals surface area contributed by atoms with Crippen molar-refractivity contribution in [1.29, 1.82) is 0 Å². The Bertz CT molecular complexity index is 1130. The quantitative estimate of drug-likeness (QED) is 0.585. The predicted octanol–water partition coefficient (Wildman–Crippen LogP) is 2.80. The highest BCUT2D eigenvalue weighted by molar-refractivity contribution is 7.89. The van der Waals surface area contributed by atoms with Crippen LogP contribution >= 0.6 is 11.3 Å². The van der Waals surface area contributed by atoms with E-state index in [-0.39, 0.29) is 35.6 Å². The maximum absolute atomic E-state index is 12.5. The number of sulfonamides is 1. The van der Waals surface area contributed by atoms with Crippen LogP contribution in [-0.2, 0) is 16.6 Å². The van der Waals surface area contributed by atoms with E-state index in [4.69, 9.17) is 9.47 Å². The van der Waals surface area contributed by atoms with Gasteiger partial charge in [-0.2, -0.15) is 0 Å². The lowest BCUT2D eigenvalue weighted by molar-refractivity contribution is 0.0789. The third-order valence-corrected chi connectivity index (χ3v) is 6.76. The third-order valence-electron chi connectivity index (χ3n) is 4.48. The lowest BCUT2D eigenvalue weighted by Gasteiger charge is -2.26. The molecule has 1 atom stereocenters. The molecule has 4 rings (SSSR count). The Hall–Kier alpha value is -2.88. The SMILES string of the molecule is O=C(NC[C@H]1COc2ccccc2O1)c1cccc(S(=O)(=O)NCc2cccs2)c1. The van der Waals surface area contributed by atoms with Gasteiger partial charge in [-0.25, -0.2) is 13.1 Å². The van der Waals surface area contributed by atoms with Gasteiger partial charge in [0.15, 0.2) is 11.5 Å². The number of fused-ring (bicyclic) bond motifs is 1. The highest BCUT2D eigenvalue weighted by Gasteiger charge is 2.22. The van der Waals surface area contributed by atoms with Crippen LogP contribution in [0.2, 0.25) is 0 Å². The van der Waals surface area contributed by atoms with Gasteiger partial charge in [0.05, 0.1) is 11.4 Å². The number of ether oxygens (including phenoxy) is 2. The molecule has 2 aromatic carbocycles. The van der Waals surface area contributed by atoms with Crippen molar-refractivity contribution >= 4 is 27.3 Å². The number of hydrogen-bond acceptors (Lipinski definition) is 6. The number of hydrogen-bond donors (Lipinski definition) is 2. The first-order valence-corrected chi connectivity index (χ1v) is 11.7. The van der Waals surface area contributed by atoms with Crippen molar-refractivity contribution in [3.63, 3.8) is 0 Å². The van der Waals surface area contributed by atoms with Gasteiger partial charge < -0.3 is 14.8 Å². The summed E-state index contributed by atoms with van der Waals surface area (Å²) in [5, 5.41) is 4.66. The number of amides is 1. The van der Waals surface area contributed by atoms with Crippen LogP contribution in [0.4, 0.5) is 0 Å². The van der Waals surface area contributed by atoms with Crippen LogP contribution in [0.5, 0.6) is 11.5 Å². The Balaban J connectivity index is 1.37. The molecule has 2 heterocycles. The van der Waals surface area contributed by atoms with Crippen molar-refractivity contribution in [3.05, 3.63) is 76.5 Å². The van der Waals surface area contributed by atoms with Crippen LogP contribution in [-0.4, -0.2) is 33.6 Å². The molecular weight excluding hydrogens is 424 g/mol. The normalized spacial score (nSPS) is 15.5. The molecule has 1 aliphatic rings. The van der Waals surface area contributed by atoms with Crippen LogP contribution in [0.3, 0.4) is 0 Å². The highest BCUT2D eigenvalue weighted by Crippen LogP contribution is 2.30. The van der Waals surface area contributed by atoms with Crippen LogP contribution in [0.25, 0.3) is 0 Å². The van der Waals surface area contributed by atoms with E-state index in [1.165, 1.54) is 23.5 Å². The third kappa shape index (κ3) is 4.81. The van der Waals surface area contributed by atoms with Gasteiger partial charge in [0.1, 0.15) is 12.7 Å². The second kappa shape index (κ2) is 8.86. The molecule has 2 N–H and O–H groups in total. The fourth-order valence-corrected chi connectivity index (χ4v) is 4.73. The van der Waals surface area contributed by atoms with Crippen molar-refractivity contribution in [3.8, 4) is 11.5 Å². The summed E-state index contributed by atoms with van der Waals surface area (Å²) in [4.78, 5) is 13.5. The molecule has 0 aliphatic carbocycles. The average Bonchev–Trinajstić information content (AvgIpc) is 3.30. The van der Waals surface area contributed by atoms with Crippen molar-refractivity contribution < 1.29 is 22.7 Å². The maximum atomic E-state index is 12.5. The number of carbonyl (C=O) groups excluding carboxylic acids is 1. The van der Waals surface area contributed by atoms with Crippen molar-refractivity contribution in [2.24, 2.45) is 0 Å². The Labute approximate surface area is 178 Å². The molecular formula is C21H20N2O5S2. The first-order valence-electron chi connectivity index (χ1n) is 9.30. The number of rotatable bonds is 7. The zero-order chi connectivity index (χ0) is 21.0. The van der Waals surface area contributed by atoms with Crippen LogP contribution in [0, 0.1) is 0 Å². The molecule has 0 fully saturated rings. The summed E-state index contributed by atoms with van der Waals surface area (Å²) < 4.78 is 39.1. The van der Waals surface area contributed by atoms with Gasteiger partial charge in [-0.15, -0.1) is 11.3 Å². The minimum atomic E-state index is -3.73. The summed E-state index contributed by atoms with van der Waals surface area (Å²) in [5.74, 6) is 0.925. The Morgan fingerprint density at radius 2 is 1.90 bits per heavy atom. The van der Waals surface area contributed by atoms with Crippen molar-refractivity contribution in [2.75, 3.05) is 13.2 Å². The standard InChI is InChI=1S/C21H20N2O5S2/c24-21(22-12-16-14-27-19-8-1-2-9-20(19)28-16)15-5-3-7-18(11-15)30(25,26)23-13-17-6-4-10-29-17/h1-11,16,23H,12-14H2,(H,22,24)/t16-/m0/s1. The largest absolute Gasteiger partial charge is 0.486 e. The average molecular weight is 445 g/mol. The zero-order valence-corrected chi connectivity index (χ0v) is 17.5. The number of carbonyl (C=O) groups is 1. The van der Waals surface area contributed by atoms with E-state index in [9.17, 15) is 13.2 Å². The molecule has 0 bridgehead atoms. The molecule has 1 amide bonds. The summed E-state index contributed by atoms with van der Waals surface area (Å²) in [7, 11) is -3.73. The van der Waals surface area contributed by atoms with Gasteiger partial charge in [-0.1, -0.05) is 24.3 Å². The van der Waals surface area contributed by atoms with E-state index in [0.717, 1.165) is 4.88 Å². The molecule has 0 saturated carbocycles. The second-order valence-electron chi connectivity index (χ2n) is 6.64. The Morgan fingerprint density at radius 1 is 1.07 bits per heavy atom. The van der Waals surface area contributed by atoms with Gasteiger partial charge in [0.25, 0.3) is 5.91 Å². The lowest BCUT2D eigenvalue weighted by atomic mass is 10.2. The molecule has 0 unspecified atom stereocenters. The first kappa shape index (κ1) is 20.4. The summed E-state index contributed by atoms with van der Waals surface area (Å²) in [6, 6.07) is 17.0. The molecule has 30 heavy (non-hydrogen) atoms. The molecule has 9 heteroatoms. The number of nitrogens with one attached hydrogen (secondary N) is 2. The molecule has 3 aromatic rings. The molecule has 0 spiro atoms. The van der Waals surface area contributed by atoms with E-state index in [1.54, 1.807) is 18.2 Å². The summed E-state index contributed by atoms with van der Waals surface area (Å²) in [6.45, 7) is 0.760. The summed E-state index contributed by atoms with van der Waals surface area (Å²) in [5.41, 5.74) is 0.256. The fraction of sp³-hybridized carbons (Fsp3) is 0.190. The highest BCUT2D eigenvalue weighted by atomic mass is 32.2. The monoisotopic (exact) mass is 444 g/mol. The van der Waals surface area contributed by atoms with E-state index < -0.39 is 10.0 Å². The Morgan fingerprint density at radius 3 is 2.70 bits per heavy atom. The maximum Gasteiger partial charge on any atom is 0.251 e. The van der Waals surface area contributed by atoms with Gasteiger partial charge in [0.2, 0.25) is 10.0 Å². The summed E-state index contributed by atoms with van der Waals surface area (Å²) in [6.07, 6.45) is -0.330. The molecule has 1 aliphatic heterocycles. The van der Waals surface area contributed by atoms with Crippen molar-refractivity contribution in [2.45, 2.75) is 17.5 Å². The second-order valence-corrected chi connectivity index (χ2v) is 9.44. The van der Waals surface area contributed by atoms with E-state index in [1.807, 2.05) is 35.7 Å². The molecule has 156 valence electrons. The van der Waals surface area contributed by atoms with E-state index >= 15 is 0 Å². The predicted molar refractivity (Wildman–Crippen MR) is 113 cm³/mol. The minimum absolute atomic E-state index is 0.0397. The topological polar surface area (TPSA) is 93.7 Å². The van der Waals surface area contributed by atoms with E-state index in [0.29, 0.717) is 18.1 Å². The Kier molecular flexibility index (Phi) is 6.03. The number of benzene rings is 2. The van der Waals surface area contributed by atoms with Crippen LogP contribution in [0.1, 0.15) is 15.2 Å². The molecule has 1 aromatic heterocycles. The molecule has 0 saturated heterocycles. The lowest BCUT2D eigenvalue weighted by Crippen LogP contribution is -2.40. The zero-order valence-electron chi connectivity index (χ0n) is 15.9. The molecule has 7 nitrogen and oxygen atoms in total. The fourth-order valence-electron chi connectivity index (χ4n) is 2.94. The van der Waals surface area contributed by atoms with Crippen LogP contribution in [0.15, 0.2) is 70.9 Å².